The number of rotatable bonds is 1. The quantitative estimate of drug-likeness (QED) is 0.643. The van der Waals surface area contributed by atoms with Crippen LogP contribution < -0.4 is 4.90 Å². The summed E-state index contributed by atoms with van der Waals surface area (Å²) in [6, 6.07) is 1.85. The maximum Gasteiger partial charge on any atom is 0.131 e. The van der Waals surface area contributed by atoms with Crippen molar-refractivity contribution in [2.45, 2.75) is 25.4 Å². The van der Waals surface area contributed by atoms with Crippen molar-refractivity contribution in [1.29, 1.82) is 0 Å². The first-order valence-electron chi connectivity index (χ1n) is 7.71. The molecule has 23 heavy (non-hydrogen) atoms. The number of nitrogens with zero attached hydrogens (tertiary/aromatic N) is 4. The molecular weight excluding hydrogens is 312 g/mol. The summed E-state index contributed by atoms with van der Waals surface area (Å²) in [5.74, 6) is 6.28. The number of hydrogen-bond donors (Lipinski definition) is 1. The maximum absolute atomic E-state index is 9.83. The monoisotopic (exact) mass is 330 g/mol. The van der Waals surface area contributed by atoms with Gasteiger partial charge < -0.3 is 10.0 Å². The fourth-order valence-electron chi connectivity index (χ4n) is 2.72. The normalized spacial score (nSPS) is 18.2. The third kappa shape index (κ3) is 4.04. The number of aryl methyl sites for hydroxylation is 1. The molecule has 1 aliphatic rings. The molecule has 0 bridgehead atoms. The fraction of sp³-hybridized carbons (Fsp3) is 0.412. The summed E-state index contributed by atoms with van der Waals surface area (Å²) in [6.45, 7) is 1.68. The molecule has 5 nitrogen and oxygen atoms in total. The van der Waals surface area contributed by atoms with E-state index in [2.05, 4.69) is 26.8 Å². The van der Waals surface area contributed by atoms with E-state index in [0.717, 1.165) is 49.2 Å². The van der Waals surface area contributed by atoms with E-state index in [-0.39, 0.29) is 6.10 Å². The molecule has 1 N–H and O–H groups in total. The van der Waals surface area contributed by atoms with E-state index in [4.69, 9.17) is 11.6 Å². The van der Waals surface area contributed by atoms with Crippen LogP contribution in [-0.4, -0.2) is 39.1 Å². The van der Waals surface area contributed by atoms with Gasteiger partial charge in [-0.1, -0.05) is 23.4 Å². The second kappa shape index (κ2) is 7.03. The number of aromatic nitrogens is 3. The molecule has 0 aliphatic carbocycles. The van der Waals surface area contributed by atoms with Crippen molar-refractivity contribution in [1.82, 2.24) is 14.8 Å². The minimum atomic E-state index is -0.220. The molecule has 1 aliphatic heterocycles. The molecule has 6 heteroatoms. The Bertz CT molecular complexity index is 747. The van der Waals surface area contributed by atoms with E-state index in [1.54, 1.807) is 17.1 Å². The van der Waals surface area contributed by atoms with Crippen LogP contribution in [0.2, 0.25) is 5.15 Å². The lowest BCUT2D eigenvalue weighted by atomic mass is 10.2. The van der Waals surface area contributed by atoms with Crippen LogP contribution in [0, 0.1) is 11.8 Å². The average Bonchev–Trinajstić information content (AvgIpc) is 2.82. The van der Waals surface area contributed by atoms with Gasteiger partial charge in [0.05, 0.1) is 29.1 Å². The van der Waals surface area contributed by atoms with Crippen LogP contribution in [0.4, 0.5) is 5.69 Å². The van der Waals surface area contributed by atoms with Crippen molar-refractivity contribution >= 4 is 17.3 Å². The SMILES string of the molecule is Cn1cc(C#Cc2cnc(Cl)cc2N2CCCC(O)CC2)cn1. The summed E-state index contributed by atoms with van der Waals surface area (Å²) >= 11 is 6.08. The third-order valence-electron chi connectivity index (χ3n) is 3.93. The number of halogens is 1. The van der Waals surface area contributed by atoms with E-state index in [1.807, 2.05) is 19.3 Å². The minimum Gasteiger partial charge on any atom is -0.393 e. The van der Waals surface area contributed by atoms with E-state index >= 15 is 0 Å². The van der Waals surface area contributed by atoms with Crippen LogP contribution in [0.25, 0.3) is 0 Å². The Morgan fingerprint density at radius 1 is 1.26 bits per heavy atom. The van der Waals surface area contributed by atoms with Crippen LogP contribution >= 0.6 is 11.6 Å². The molecule has 0 saturated carbocycles. The van der Waals surface area contributed by atoms with Gasteiger partial charge in [0.1, 0.15) is 5.15 Å². The molecule has 1 saturated heterocycles. The van der Waals surface area contributed by atoms with Gasteiger partial charge in [0.2, 0.25) is 0 Å². The van der Waals surface area contributed by atoms with E-state index < -0.39 is 0 Å². The molecule has 120 valence electrons. The molecule has 3 heterocycles. The lowest BCUT2D eigenvalue weighted by molar-refractivity contribution is 0.161. The zero-order chi connectivity index (χ0) is 16.2. The molecule has 2 aromatic rings. The molecule has 0 amide bonds. The predicted molar refractivity (Wildman–Crippen MR) is 90.5 cm³/mol. The van der Waals surface area contributed by atoms with Crippen molar-refractivity contribution in [2.24, 2.45) is 7.05 Å². The molecule has 0 aromatic carbocycles. The van der Waals surface area contributed by atoms with Crippen LogP contribution in [0.5, 0.6) is 0 Å². The van der Waals surface area contributed by atoms with E-state index in [0.29, 0.717) is 5.15 Å². The summed E-state index contributed by atoms with van der Waals surface area (Å²) in [6.07, 6.45) is 7.65. The predicted octanol–water partition coefficient (Wildman–Crippen LogP) is 2.22. The van der Waals surface area contributed by atoms with Gasteiger partial charge in [0.15, 0.2) is 0 Å². The number of aliphatic hydroxyl groups excluding tert-OH is 1. The third-order valence-corrected chi connectivity index (χ3v) is 4.14. The van der Waals surface area contributed by atoms with E-state index in [1.165, 1.54) is 0 Å². The van der Waals surface area contributed by atoms with Gasteiger partial charge >= 0.3 is 0 Å². The lowest BCUT2D eigenvalue weighted by Crippen LogP contribution is -2.25. The molecule has 1 atom stereocenters. The standard InChI is InChI=1S/C17H19ClN4O/c1-21-12-13(10-20-21)4-5-14-11-19-17(18)9-16(14)22-7-2-3-15(23)6-8-22/h9-12,15,23H,2-3,6-8H2,1H3. The second-order valence-electron chi connectivity index (χ2n) is 5.75. The van der Waals surface area contributed by atoms with Gasteiger partial charge in [-0.3, -0.25) is 4.68 Å². The van der Waals surface area contributed by atoms with Gasteiger partial charge in [-0.25, -0.2) is 4.98 Å². The topological polar surface area (TPSA) is 54.2 Å². The smallest absolute Gasteiger partial charge is 0.131 e. The Balaban J connectivity index is 1.90. The highest BCUT2D eigenvalue weighted by atomic mass is 35.5. The molecule has 1 fully saturated rings. The first-order valence-corrected chi connectivity index (χ1v) is 8.09. The fourth-order valence-corrected chi connectivity index (χ4v) is 2.88. The highest BCUT2D eigenvalue weighted by molar-refractivity contribution is 6.29. The summed E-state index contributed by atoms with van der Waals surface area (Å²) < 4.78 is 1.72. The zero-order valence-corrected chi connectivity index (χ0v) is 13.8. The van der Waals surface area contributed by atoms with Crippen molar-refractivity contribution in [3.63, 3.8) is 0 Å². The first kappa shape index (κ1) is 15.9. The Hall–Kier alpha value is -2.03. The van der Waals surface area contributed by atoms with Crippen LogP contribution in [0.1, 0.15) is 30.4 Å². The van der Waals surface area contributed by atoms with Gasteiger partial charge in [0.25, 0.3) is 0 Å². The number of aliphatic hydroxyl groups is 1. The largest absolute Gasteiger partial charge is 0.393 e. The summed E-state index contributed by atoms with van der Waals surface area (Å²) in [7, 11) is 1.86. The van der Waals surface area contributed by atoms with Gasteiger partial charge in [-0.2, -0.15) is 5.10 Å². The van der Waals surface area contributed by atoms with E-state index in [9.17, 15) is 5.11 Å². The molecule has 2 aromatic heterocycles. The number of hydrogen-bond acceptors (Lipinski definition) is 4. The maximum atomic E-state index is 9.83. The van der Waals surface area contributed by atoms with Crippen molar-refractivity contribution in [2.75, 3.05) is 18.0 Å². The Morgan fingerprint density at radius 2 is 2.13 bits per heavy atom. The Kier molecular flexibility index (Phi) is 4.85. The molecule has 0 radical (unpaired) electrons. The van der Waals surface area contributed by atoms with Crippen molar-refractivity contribution in [3.8, 4) is 11.8 Å². The summed E-state index contributed by atoms with van der Waals surface area (Å²) in [5, 5.41) is 14.4. The second-order valence-corrected chi connectivity index (χ2v) is 6.14. The van der Waals surface area contributed by atoms with Crippen LogP contribution in [0.15, 0.2) is 24.7 Å². The van der Waals surface area contributed by atoms with Crippen LogP contribution in [0.3, 0.4) is 0 Å². The highest BCUT2D eigenvalue weighted by Gasteiger charge is 2.17. The Labute approximate surface area is 140 Å². The van der Waals surface area contributed by atoms with Gasteiger partial charge in [-0.15, -0.1) is 0 Å². The summed E-state index contributed by atoms with van der Waals surface area (Å²) in [4.78, 5) is 6.39. The van der Waals surface area contributed by atoms with Crippen LogP contribution in [-0.2, 0) is 7.05 Å². The molecule has 1 unspecified atom stereocenters. The van der Waals surface area contributed by atoms with Gasteiger partial charge in [-0.05, 0) is 19.3 Å². The Morgan fingerprint density at radius 3 is 2.91 bits per heavy atom. The van der Waals surface area contributed by atoms with Crippen molar-refractivity contribution < 1.29 is 5.11 Å². The molecular formula is C17H19ClN4O. The summed E-state index contributed by atoms with van der Waals surface area (Å²) in [5.41, 5.74) is 2.69. The molecule has 0 spiro atoms. The molecule has 3 rings (SSSR count). The number of pyridine rings is 1. The van der Waals surface area contributed by atoms with Gasteiger partial charge in [0, 0.05) is 38.6 Å². The first-order chi connectivity index (χ1) is 11.1. The zero-order valence-electron chi connectivity index (χ0n) is 13.0. The lowest BCUT2D eigenvalue weighted by Gasteiger charge is -2.24. The number of anilines is 1. The average molecular weight is 331 g/mol. The minimum absolute atomic E-state index is 0.220. The highest BCUT2D eigenvalue weighted by Crippen LogP contribution is 2.25. The van der Waals surface area contributed by atoms with Crippen molar-refractivity contribution in [3.05, 3.63) is 40.9 Å².